The Morgan fingerprint density at radius 3 is 2.63 bits per heavy atom. The van der Waals surface area contributed by atoms with Crippen LogP contribution < -0.4 is 4.74 Å². The zero-order chi connectivity index (χ0) is 13.4. The van der Waals surface area contributed by atoms with Crippen LogP contribution in [0.2, 0.25) is 0 Å². The maximum absolute atomic E-state index is 5.13. The van der Waals surface area contributed by atoms with Gasteiger partial charge in [0.15, 0.2) is 0 Å². The lowest BCUT2D eigenvalue weighted by atomic mass is 10.1. The Morgan fingerprint density at radius 1 is 1.11 bits per heavy atom. The van der Waals surface area contributed by atoms with Crippen molar-refractivity contribution >= 4 is 22.4 Å². The molecule has 3 aromatic rings. The minimum Gasteiger partial charge on any atom is -0.480 e. The van der Waals surface area contributed by atoms with Gasteiger partial charge in [-0.3, -0.25) is 0 Å². The molecule has 2 aromatic heterocycles. The predicted molar refractivity (Wildman–Crippen MR) is 76.7 cm³/mol. The highest BCUT2D eigenvalue weighted by atomic mass is 32.1. The van der Waals surface area contributed by atoms with Crippen LogP contribution in [0.3, 0.4) is 0 Å². The van der Waals surface area contributed by atoms with Crippen LogP contribution in [0.4, 0.5) is 0 Å². The largest absolute Gasteiger partial charge is 0.480 e. The van der Waals surface area contributed by atoms with Crippen molar-refractivity contribution in [3.63, 3.8) is 0 Å². The summed E-state index contributed by atoms with van der Waals surface area (Å²) in [5, 5.41) is 0.977. The second kappa shape index (κ2) is 4.59. The summed E-state index contributed by atoms with van der Waals surface area (Å²) in [6.07, 6.45) is 3.52. The van der Waals surface area contributed by atoms with Gasteiger partial charge in [0.25, 0.3) is 0 Å². The van der Waals surface area contributed by atoms with E-state index in [0.717, 1.165) is 27.2 Å². The van der Waals surface area contributed by atoms with Gasteiger partial charge in [-0.2, -0.15) is 0 Å². The molecule has 0 bridgehead atoms. The van der Waals surface area contributed by atoms with Crippen LogP contribution >= 0.6 is 11.3 Å². The van der Waals surface area contributed by atoms with Gasteiger partial charge in [-0.05, 0) is 31.5 Å². The van der Waals surface area contributed by atoms with E-state index >= 15 is 0 Å². The van der Waals surface area contributed by atoms with E-state index < -0.39 is 0 Å². The Balaban J connectivity index is 2.29. The van der Waals surface area contributed by atoms with Gasteiger partial charge in [0.2, 0.25) is 5.88 Å². The first-order valence-electron chi connectivity index (χ1n) is 5.91. The molecule has 0 amide bonds. The van der Waals surface area contributed by atoms with Crippen LogP contribution in [0.1, 0.15) is 10.4 Å². The minimum atomic E-state index is 0.527. The van der Waals surface area contributed by atoms with Crippen LogP contribution in [0.25, 0.3) is 21.6 Å². The van der Waals surface area contributed by atoms with E-state index in [1.54, 1.807) is 24.6 Å². The molecule has 96 valence electrons. The first-order valence-corrected chi connectivity index (χ1v) is 6.73. The van der Waals surface area contributed by atoms with E-state index in [1.165, 1.54) is 4.88 Å². The van der Waals surface area contributed by atoms with Crippen molar-refractivity contribution in [3.8, 4) is 16.5 Å². The number of benzene rings is 1. The molecule has 0 fully saturated rings. The molecule has 0 saturated carbocycles. The molecule has 0 atom stereocenters. The average molecular weight is 271 g/mol. The van der Waals surface area contributed by atoms with Crippen molar-refractivity contribution < 1.29 is 4.74 Å². The lowest BCUT2D eigenvalue weighted by Gasteiger charge is -2.06. The molecule has 1 aromatic carbocycles. The van der Waals surface area contributed by atoms with E-state index in [1.807, 2.05) is 26.1 Å². The lowest BCUT2D eigenvalue weighted by molar-refractivity contribution is 0.397. The Bertz CT molecular complexity index is 752. The highest BCUT2D eigenvalue weighted by Crippen LogP contribution is 2.31. The zero-order valence-electron chi connectivity index (χ0n) is 11.0. The van der Waals surface area contributed by atoms with Gasteiger partial charge >= 0.3 is 0 Å². The first kappa shape index (κ1) is 12.0. The number of ether oxygens (including phenoxy) is 1. The van der Waals surface area contributed by atoms with Crippen molar-refractivity contribution in [1.29, 1.82) is 0 Å². The third-order valence-corrected chi connectivity index (χ3v) is 3.78. The molecule has 5 heteroatoms. The molecule has 0 saturated heterocycles. The molecule has 0 aliphatic carbocycles. The summed E-state index contributed by atoms with van der Waals surface area (Å²) in [6, 6.07) is 4.11. The van der Waals surface area contributed by atoms with Crippen LogP contribution in [0.15, 0.2) is 24.5 Å². The highest BCUT2D eigenvalue weighted by Gasteiger charge is 2.11. The molecular formula is C14H13N3OS. The molecule has 0 unspecified atom stereocenters. The van der Waals surface area contributed by atoms with Gasteiger partial charge in [0, 0.05) is 16.6 Å². The van der Waals surface area contributed by atoms with E-state index in [2.05, 4.69) is 21.0 Å². The fraction of sp³-hybridized carbons (Fsp3) is 0.214. The number of aryl methyl sites for hydroxylation is 2. The monoisotopic (exact) mass is 271 g/mol. The average Bonchev–Trinajstić information content (AvgIpc) is 2.83. The van der Waals surface area contributed by atoms with Gasteiger partial charge in [0.05, 0.1) is 24.3 Å². The highest BCUT2D eigenvalue weighted by molar-refractivity contribution is 7.15. The normalized spacial score (nSPS) is 10.9. The molecule has 19 heavy (non-hydrogen) atoms. The van der Waals surface area contributed by atoms with Crippen molar-refractivity contribution in [1.82, 2.24) is 15.0 Å². The molecule has 0 aliphatic heterocycles. The minimum absolute atomic E-state index is 0.527. The predicted octanol–water partition coefficient (Wildman–Crippen LogP) is 3.38. The van der Waals surface area contributed by atoms with E-state index in [4.69, 9.17) is 4.74 Å². The van der Waals surface area contributed by atoms with Gasteiger partial charge in [0.1, 0.15) is 5.01 Å². The van der Waals surface area contributed by atoms with Gasteiger partial charge in [-0.25, -0.2) is 15.0 Å². The van der Waals surface area contributed by atoms with Crippen LogP contribution in [0, 0.1) is 13.8 Å². The molecule has 3 rings (SSSR count). The van der Waals surface area contributed by atoms with Gasteiger partial charge in [-0.1, -0.05) is 0 Å². The fourth-order valence-electron chi connectivity index (χ4n) is 1.99. The maximum Gasteiger partial charge on any atom is 0.232 e. The van der Waals surface area contributed by atoms with Gasteiger partial charge in [-0.15, -0.1) is 11.3 Å². The summed E-state index contributed by atoms with van der Waals surface area (Å²) < 4.78 is 5.13. The molecular weight excluding hydrogens is 258 g/mol. The number of nitrogens with zero attached hydrogens (tertiary/aromatic N) is 3. The lowest BCUT2D eigenvalue weighted by Crippen LogP contribution is -1.93. The van der Waals surface area contributed by atoms with Crippen molar-refractivity contribution in [2.45, 2.75) is 13.8 Å². The number of hydrogen-bond acceptors (Lipinski definition) is 5. The third-order valence-electron chi connectivity index (χ3n) is 2.83. The molecule has 0 radical (unpaired) electrons. The molecule has 0 aliphatic rings. The second-order valence-corrected chi connectivity index (χ2v) is 5.60. The quantitative estimate of drug-likeness (QED) is 0.717. The number of methoxy groups -OCH3 is 1. The maximum atomic E-state index is 5.13. The molecule has 4 nitrogen and oxygen atoms in total. The summed E-state index contributed by atoms with van der Waals surface area (Å²) in [4.78, 5) is 14.5. The Hall–Kier alpha value is -2.01. The molecule has 0 N–H and O–H groups in total. The number of hydrogen-bond donors (Lipinski definition) is 0. The Morgan fingerprint density at radius 2 is 1.95 bits per heavy atom. The Labute approximate surface area is 115 Å². The summed E-state index contributed by atoms with van der Waals surface area (Å²) >= 11 is 1.66. The number of thiazole rings is 1. The number of fused-ring (bicyclic) bond motifs is 1. The fourth-order valence-corrected chi connectivity index (χ4v) is 2.77. The van der Waals surface area contributed by atoms with Crippen LogP contribution in [-0.4, -0.2) is 22.1 Å². The van der Waals surface area contributed by atoms with Crippen LogP contribution in [0.5, 0.6) is 5.88 Å². The van der Waals surface area contributed by atoms with Crippen molar-refractivity contribution in [2.24, 2.45) is 0 Å². The van der Waals surface area contributed by atoms with Crippen molar-refractivity contribution in [2.75, 3.05) is 7.11 Å². The van der Waals surface area contributed by atoms with E-state index in [-0.39, 0.29) is 0 Å². The summed E-state index contributed by atoms with van der Waals surface area (Å²) in [6.45, 7) is 4.10. The van der Waals surface area contributed by atoms with Crippen molar-refractivity contribution in [3.05, 3.63) is 35.0 Å². The third kappa shape index (κ3) is 2.17. The summed E-state index contributed by atoms with van der Waals surface area (Å²) in [7, 11) is 1.59. The summed E-state index contributed by atoms with van der Waals surface area (Å²) in [5.41, 5.74) is 3.86. The first-order chi connectivity index (χ1) is 9.17. The number of rotatable bonds is 2. The number of aromatic nitrogens is 3. The Kier molecular flexibility index (Phi) is 2.91. The summed E-state index contributed by atoms with van der Waals surface area (Å²) in [5.74, 6) is 0.527. The van der Waals surface area contributed by atoms with E-state index in [9.17, 15) is 0 Å². The topological polar surface area (TPSA) is 47.9 Å². The zero-order valence-corrected chi connectivity index (χ0v) is 11.8. The second-order valence-electron chi connectivity index (χ2n) is 4.37. The standard InChI is InChI=1S/C14H13N3OS/c1-8-4-10(14-16-6-9(2)19-14)13-11(5-8)17-12(18-3)7-15-13/h4-7H,1-3H3. The molecule has 2 heterocycles. The van der Waals surface area contributed by atoms with Gasteiger partial charge < -0.3 is 4.74 Å². The SMILES string of the molecule is COc1cnc2c(-c3ncc(C)s3)cc(C)cc2n1. The smallest absolute Gasteiger partial charge is 0.232 e. The molecule has 0 spiro atoms. The van der Waals surface area contributed by atoms with E-state index in [0.29, 0.717) is 5.88 Å². The van der Waals surface area contributed by atoms with Crippen LogP contribution in [-0.2, 0) is 0 Å².